The number of carbonyl (C=O) groups excluding carboxylic acids is 1. The molecule has 2 aromatic heterocycles. The van der Waals surface area contributed by atoms with Crippen molar-refractivity contribution < 1.29 is 27.8 Å². The Hall–Kier alpha value is -3.60. The van der Waals surface area contributed by atoms with Gasteiger partial charge in [0, 0.05) is 12.1 Å². The van der Waals surface area contributed by atoms with Gasteiger partial charge in [-0.1, -0.05) is 12.1 Å². The molecule has 9 nitrogen and oxygen atoms in total. The Balaban J connectivity index is 1.59. The highest BCUT2D eigenvalue weighted by Gasteiger charge is 2.25. The molecule has 0 radical (unpaired) electrons. The summed E-state index contributed by atoms with van der Waals surface area (Å²) in [4.78, 5) is 27.1. The molecule has 5 rings (SSSR count). The maximum absolute atomic E-state index is 13.6. The summed E-state index contributed by atoms with van der Waals surface area (Å²) in [5.74, 6) is 0.372. The van der Waals surface area contributed by atoms with Gasteiger partial charge in [-0.3, -0.25) is 4.79 Å². The van der Waals surface area contributed by atoms with Gasteiger partial charge in [-0.2, -0.15) is 9.97 Å². The number of nitrogens with one attached hydrogen (secondary N) is 1. The van der Waals surface area contributed by atoms with Crippen LogP contribution in [0.5, 0.6) is 11.8 Å². The third-order valence-electron chi connectivity index (χ3n) is 5.51. The SMILES string of the molecule is C[C@H]1Nc2nc(nc3ncc(N4CCOCC4=O)cc23)OCCOc2c(C(F)F)cccc21. The van der Waals surface area contributed by atoms with E-state index in [1.807, 2.05) is 6.92 Å². The molecule has 11 heteroatoms. The molecular formula is C22H21F2N5O4. The van der Waals surface area contributed by atoms with E-state index in [9.17, 15) is 13.6 Å². The standard InChI is InChI=1S/C22H21F2N5O4/c1-12-14-3-2-4-15(19(23)24)18(14)32-7-8-33-22-27-20-16(21(26-12)28-22)9-13(10-25-20)29-5-6-31-11-17(29)30/h2-4,9-10,12,19H,5-8,11H2,1H3,(H,25,26,27,28)/t12-/m1/s1. The Morgan fingerprint density at radius 1 is 1.18 bits per heavy atom. The molecule has 2 aliphatic heterocycles. The summed E-state index contributed by atoms with van der Waals surface area (Å²) in [6.07, 6.45) is -1.11. The van der Waals surface area contributed by atoms with E-state index in [4.69, 9.17) is 14.2 Å². The van der Waals surface area contributed by atoms with Gasteiger partial charge in [-0.15, -0.1) is 0 Å². The molecule has 1 fully saturated rings. The lowest BCUT2D eigenvalue weighted by atomic mass is 10.0. The minimum absolute atomic E-state index is 0.00666. The number of hydrogen-bond donors (Lipinski definition) is 1. The molecule has 2 bridgehead atoms. The van der Waals surface area contributed by atoms with Crippen molar-refractivity contribution >= 4 is 28.4 Å². The van der Waals surface area contributed by atoms with Crippen LogP contribution in [0.15, 0.2) is 30.5 Å². The number of aromatic nitrogens is 3. The van der Waals surface area contributed by atoms with Crippen LogP contribution in [0.3, 0.4) is 0 Å². The Morgan fingerprint density at radius 3 is 2.85 bits per heavy atom. The minimum atomic E-state index is -2.68. The summed E-state index contributed by atoms with van der Waals surface area (Å²) in [7, 11) is 0. The summed E-state index contributed by atoms with van der Waals surface area (Å²) in [6, 6.07) is 6.09. The second kappa shape index (κ2) is 8.74. The lowest BCUT2D eigenvalue weighted by molar-refractivity contribution is -0.125. The first-order chi connectivity index (χ1) is 16.0. The second-order valence-electron chi connectivity index (χ2n) is 7.65. The first-order valence-corrected chi connectivity index (χ1v) is 10.5. The number of para-hydroxylation sites is 1. The molecule has 172 valence electrons. The monoisotopic (exact) mass is 457 g/mol. The van der Waals surface area contributed by atoms with Crippen molar-refractivity contribution in [2.75, 3.05) is 43.2 Å². The summed E-state index contributed by atoms with van der Waals surface area (Å²) in [5, 5.41) is 3.83. The number of alkyl halides is 2. The summed E-state index contributed by atoms with van der Waals surface area (Å²) in [6.45, 7) is 2.79. The fourth-order valence-corrected chi connectivity index (χ4v) is 3.91. The number of pyridine rings is 1. The number of carbonyl (C=O) groups is 1. The molecule has 1 amide bonds. The number of benzene rings is 1. The zero-order chi connectivity index (χ0) is 22.9. The first kappa shape index (κ1) is 21.3. The van der Waals surface area contributed by atoms with Crippen LogP contribution in [0.2, 0.25) is 0 Å². The van der Waals surface area contributed by atoms with E-state index >= 15 is 0 Å². The van der Waals surface area contributed by atoms with Gasteiger partial charge in [-0.25, -0.2) is 13.8 Å². The Labute approximate surface area is 187 Å². The first-order valence-electron chi connectivity index (χ1n) is 10.5. The largest absolute Gasteiger partial charge is 0.489 e. The van der Waals surface area contributed by atoms with Crippen LogP contribution in [-0.4, -0.2) is 53.8 Å². The number of hydrogen-bond acceptors (Lipinski definition) is 8. The molecular weight excluding hydrogens is 436 g/mol. The van der Waals surface area contributed by atoms with E-state index in [0.29, 0.717) is 41.3 Å². The number of fused-ring (bicyclic) bond motifs is 5. The van der Waals surface area contributed by atoms with Gasteiger partial charge in [0.25, 0.3) is 12.3 Å². The molecule has 0 spiro atoms. The van der Waals surface area contributed by atoms with Crippen molar-refractivity contribution in [2.24, 2.45) is 0 Å². The van der Waals surface area contributed by atoms with Gasteiger partial charge < -0.3 is 24.4 Å². The number of ether oxygens (including phenoxy) is 3. The molecule has 4 heterocycles. The number of anilines is 2. The van der Waals surface area contributed by atoms with E-state index in [-0.39, 0.29) is 43.1 Å². The normalized spacial score (nSPS) is 18.7. The molecule has 1 aromatic carbocycles. The maximum Gasteiger partial charge on any atom is 0.320 e. The van der Waals surface area contributed by atoms with Crippen molar-refractivity contribution in [2.45, 2.75) is 19.4 Å². The quantitative estimate of drug-likeness (QED) is 0.626. The fraction of sp³-hybridized carbons (Fsp3) is 0.364. The number of amides is 1. The molecule has 1 atom stereocenters. The van der Waals surface area contributed by atoms with Crippen LogP contribution in [0, 0.1) is 0 Å². The van der Waals surface area contributed by atoms with Crippen LogP contribution >= 0.6 is 0 Å². The molecule has 1 N–H and O–H groups in total. The van der Waals surface area contributed by atoms with Gasteiger partial charge in [0.2, 0.25) is 0 Å². The molecule has 3 aromatic rings. The topological polar surface area (TPSA) is 98.7 Å². The van der Waals surface area contributed by atoms with Crippen molar-refractivity contribution in [3.63, 3.8) is 0 Å². The number of nitrogens with zero attached hydrogens (tertiary/aromatic N) is 4. The third-order valence-corrected chi connectivity index (χ3v) is 5.51. The zero-order valence-corrected chi connectivity index (χ0v) is 17.8. The minimum Gasteiger partial charge on any atom is -0.489 e. The number of halogens is 2. The van der Waals surface area contributed by atoms with Gasteiger partial charge in [0.15, 0.2) is 5.65 Å². The third kappa shape index (κ3) is 4.11. The number of rotatable bonds is 2. The van der Waals surface area contributed by atoms with E-state index in [0.717, 1.165) is 0 Å². The highest BCUT2D eigenvalue weighted by atomic mass is 19.3. The molecule has 0 aliphatic carbocycles. The van der Waals surface area contributed by atoms with Crippen LogP contribution in [0.1, 0.15) is 30.5 Å². The molecule has 0 saturated carbocycles. The van der Waals surface area contributed by atoms with Crippen LogP contribution in [-0.2, 0) is 9.53 Å². The van der Waals surface area contributed by atoms with Crippen molar-refractivity contribution in [3.05, 3.63) is 41.6 Å². The van der Waals surface area contributed by atoms with Crippen LogP contribution in [0.4, 0.5) is 20.3 Å². The van der Waals surface area contributed by atoms with Crippen molar-refractivity contribution in [3.8, 4) is 11.8 Å². The van der Waals surface area contributed by atoms with Gasteiger partial charge in [0.05, 0.1) is 35.5 Å². The summed E-state index contributed by atoms with van der Waals surface area (Å²) >= 11 is 0. The van der Waals surface area contributed by atoms with E-state index in [2.05, 4.69) is 20.3 Å². The van der Waals surface area contributed by atoms with Crippen LogP contribution < -0.4 is 19.7 Å². The highest BCUT2D eigenvalue weighted by molar-refractivity contribution is 5.98. The number of morpholine rings is 1. The lowest BCUT2D eigenvalue weighted by Crippen LogP contribution is -2.41. The second-order valence-corrected chi connectivity index (χ2v) is 7.65. The Bertz CT molecular complexity index is 1210. The highest BCUT2D eigenvalue weighted by Crippen LogP contribution is 2.37. The predicted molar refractivity (Wildman–Crippen MR) is 115 cm³/mol. The molecule has 2 aliphatic rings. The zero-order valence-electron chi connectivity index (χ0n) is 17.8. The van der Waals surface area contributed by atoms with E-state index < -0.39 is 12.5 Å². The van der Waals surface area contributed by atoms with Gasteiger partial charge in [0.1, 0.15) is 31.4 Å². The molecule has 33 heavy (non-hydrogen) atoms. The van der Waals surface area contributed by atoms with E-state index in [1.165, 1.54) is 6.07 Å². The summed E-state index contributed by atoms with van der Waals surface area (Å²) in [5.41, 5.74) is 1.35. The average molecular weight is 457 g/mol. The van der Waals surface area contributed by atoms with Crippen LogP contribution in [0.25, 0.3) is 11.0 Å². The maximum atomic E-state index is 13.6. The lowest BCUT2D eigenvalue weighted by Gasteiger charge is -2.27. The fourth-order valence-electron chi connectivity index (χ4n) is 3.91. The van der Waals surface area contributed by atoms with E-state index in [1.54, 1.807) is 29.3 Å². The summed E-state index contributed by atoms with van der Waals surface area (Å²) < 4.78 is 43.7. The average Bonchev–Trinajstić information content (AvgIpc) is 2.83. The Kier molecular flexibility index (Phi) is 5.63. The Morgan fingerprint density at radius 2 is 2.03 bits per heavy atom. The van der Waals surface area contributed by atoms with Gasteiger partial charge in [-0.05, 0) is 19.1 Å². The van der Waals surface area contributed by atoms with Crippen molar-refractivity contribution in [1.29, 1.82) is 0 Å². The van der Waals surface area contributed by atoms with Crippen molar-refractivity contribution in [1.82, 2.24) is 15.0 Å². The smallest absolute Gasteiger partial charge is 0.320 e. The van der Waals surface area contributed by atoms with Gasteiger partial charge >= 0.3 is 6.01 Å². The predicted octanol–water partition coefficient (Wildman–Crippen LogP) is 3.27. The molecule has 1 saturated heterocycles. The molecule has 0 unspecified atom stereocenters.